The number of esters is 1. The molecule has 2 aromatic heterocycles. The van der Waals surface area contributed by atoms with E-state index in [1.807, 2.05) is 45.2 Å². The summed E-state index contributed by atoms with van der Waals surface area (Å²) in [7, 11) is 2.79. The fourth-order valence-electron chi connectivity index (χ4n) is 4.86. The zero-order chi connectivity index (χ0) is 25.3. The van der Waals surface area contributed by atoms with Gasteiger partial charge < -0.3 is 14.5 Å². The molecule has 0 spiro atoms. The molecule has 8 heteroatoms. The van der Waals surface area contributed by atoms with Gasteiger partial charge in [-0.05, 0) is 50.1 Å². The average molecular weight is 478 g/mol. The Balaban J connectivity index is 2.07. The van der Waals surface area contributed by atoms with Gasteiger partial charge in [0.25, 0.3) is 5.56 Å². The van der Waals surface area contributed by atoms with Crippen LogP contribution in [-0.4, -0.2) is 34.3 Å². The van der Waals surface area contributed by atoms with Gasteiger partial charge in [-0.25, -0.2) is 14.2 Å². The normalized spacial score (nSPS) is 13.2. The third-order valence-corrected chi connectivity index (χ3v) is 6.72. The van der Waals surface area contributed by atoms with E-state index in [1.165, 1.54) is 14.2 Å². The molecular weight excluding hydrogens is 446 g/mol. The number of aromatic nitrogens is 3. The Labute approximate surface area is 203 Å². The van der Waals surface area contributed by atoms with Gasteiger partial charge in [0, 0.05) is 22.7 Å². The van der Waals surface area contributed by atoms with Crippen LogP contribution in [0, 0.1) is 6.92 Å². The maximum atomic E-state index is 14.0. The van der Waals surface area contributed by atoms with Gasteiger partial charge in [-0.3, -0.25) is 9.36 Å². The number of fused-ring (bicyclic) bond motifs is 2. The highest BCUT2D eigenvalue weighted by Gasteiger charge is 2.29. The largest absolute Gasteiger partial charge is 0.497 e. The molecule has 0 saturated carbocycles. The number of carbonyl (C=O) groups excluding carboxylic acids is 1. The lowest BCUT2D eigenvalue weighted by atomic mass is 10.0. The van der Waals surface area contributed by atoms with Crippen molar-refractivity contribution in [3.63, 3.8) is 0 Å². The topological polar surface area (TPSA) is 95.3 Å². The van der Waals surface area contributed by atoms with Crippen molar-refractivity contribution in [2.75, 3.05) is 14.2 Å². The highest BCUT2D eigenvalue weighted by atomic mass is 16.5. The Bertz CT molecular complexity index is 1510. The number of ether oxygens (including phenoxy) is 2. The van der Waals surface area contributed by atoms with Crippen LogP contribution < -0.4 is 16.0 Å². The van der Waals surface area contributed by atoms with Gasteiger partial charge in [0.05, 0.1) is 31.2 Å². The fourth-order valence-corrected chi connectivity index (χ4v) is 4.86. The molecule has 1 N–H and O–H groups in total. The minimum absolute atomic E-state index is 0.303. The van der Waals surface area contributed by atoms with E-state index in [2.05, 4.69) is 4.98 Å². The number of hydrogen-bond donors (Lipinski definition) is 1. The van der Waals surface area contributed by atoms with Gasteiger partial charge in [0.1, 0.15) is 11.8 Å². The Kier molecular flexibility index (Phi) is 6.82. The maximum absolute atomic E-state index is 14.0. The van der Waals surface area contributed by atoms with E-state index in [9.17, 15) is 14.4 Å². The fraction of sp³-hybridized carbons (Fsp3) is 0.370. The van der Waals surface area contributed by atoms with Gasteiger partial charge >= 0.3 is 11.7 Å². The molecule has 0 radical (unpaired) electrons. The van der Waals surface area contributed by atoms with E-state index in [0.29, 0.717) is 29.5 Å². The molecule has 0 fully saturated rings. The molecule has 35 heavy (non-hydrogen) atoms. The zero-order valence-corrected chi connectivity index (χ0v) is 20.8. The van der Waals surface area contributed by atoms with E-state index < -0.39 is 29.3 Å². The average Bonchev–Trinajstić information content (AvgIpc) is 3.31. The van der Waals surface area contributed by atoms with Gasteiger partial charge in [0.2, 0.25) is 0 Å². The third-order valence-electron chi connectivity index (χ3n) is 6.72. The van der Waals surface area contributed by atoms with Gasteiger partial charge in [0.15, 0.2) is 0 Å². The van der Waals surface area contributed by atoms with Crippen LogP contribution in [0.15, 0.2) is 52.2 Å². The number of nitrogens with zero attached hydrogens (tertiary/aromatic N) is 2. The molecule has 0 aliphatic heterocycles. The number of aromatic amines is 1. The van der Waals surface area contributed by atoms with Crippen molar-refractivity contribution < 1.29 is 14.3 Å². The monoisotopic (exact) mass is 477 g/mol. The summed E-state index contributed by atoms with van der Waals surface area (Å²) in [6.07, 6.45) is 3.70. The van der Waals surface area contributed by atoms with Crippen molar-refractivity contribution in [1.82, 2.24) is 14.1 Å². The molecular formula is C27H31N3O5. The Hall–Kier alpha value is -3.81. The number of nitrogens with one attached hydrogen (secondary N) is 1. The van der Waals surface area contributed by atoms with Crippen LogP contribution in [0.2, 0.25) is 0 Å². The summed E-state index contributed by atoms with van der Waals surface area (Å²) in [5, 5.41) is 1.33. The predicted molar refractivity (Wildman–Crippen MR) is 136 cm³/mol. The molecule has 0 saturated heterocycles. The van der Waals surface area contributed by atoms with Crippen LogP contribution in [0.5, 0.6) is 5.75 Å². The summed E-state index contributed by atoms with van der Waals surface area (Å²) in [6.45, 7) is 5.94. The molecule has 0 amide bonds. The summed E-state index contributed by atoms with van der Waals surface area (Å²) in [5.74, 6) is -0.118. The van der Waals surface area contributed by atoms with E-state index in [-0.39, 0.29) is 0 Å². The second-order valence-corrected chi connectivity index (χ2v) is 8.81. The SMILES string of the molecule is CCCCC(C(=O)OC)n1c(=O)c2cc(OC)ccc2n(C(C)c2c[nH]c3cccc(C)c23)c1=O. The Morgan fingerprint density at radius 1 is 1.11 bits per heavy atom. The minimum atomic E-state index is -1.02. The second kappa shape index (κ2) is 9.82. The lowest BCUT2D eigenvalue weighted by molar-refractivity contribution is -0.145. The molecule has 0 aliphatic carbocycles. The minimum Gasteiger partial charge on any atom is -0.497 e. The number of benzene rings is 2. The van der Waals surface area contributed by atoms with Crippen molar-refractivity contribution in [2.24, 2.45) is 0 Å². The molecule has 4 aromatic rings. The Morgan fingerprint density at radius 2 is 1.89 bits per heavy atom. The van der Waals surface area contributed by atoms with Crippen LogP contribution in [0.3, 0.4) is 0 Å². The van der Waals surface area contributed by atoms with E-state index in [4.69, 9.17) is 9.47 Å². The first-order valence-corrected chi connectivity index (χ1v) is 11.8. The molecule has 184 valence electrons. The van der Waals surface area contributed by atoms with Gasteiger partial charge in [-0.15, -0.1) is 0 Å². The number of hydrogen-bond acceptors (Lipinski definition) is 5. The smallest absolute Gasteiger partial charge is 0.332 e. The van der Waals surface area contributed by atoms with Crippen molar-refractivity contribution in [1.29, 1.82) is 0 Å². The number of carbonyl (C=O) groups is 1. The zero-order valence-electron chi connectivity index (χ0n) is 20.8. The van der Waals surface area contributed by atoms with Crippen molar-refractivity contribution in [3.8, 4) is 5.75 Å². The first kappa shape index (κ1) is 24.3. The molecule has 2 unspecified atom stereocenters. The second-order valence-electron chi connectivity index (χ2n) is 8.81. The van der Waals surface area contributed by atoms with E-state index >= 15 is 0 Å². The maximum Gasteiger partial charge on any atom is 0.332 e. The molecule has 2 heterocycles. The first-order valence-electron chi connectivity index (χ1n) is 11.8. The van der Waals surface area contributed by atoms with E-state index in [1.54, 1.807) is 22.8 Å². The van der Waals surface area contributed by atoms with Crippen molar-refractivity contribution in [3.05, 3.63) is 74.6 Å². The number of H-pyrrole nitrogens is 1. The summed E-state index contributed by atoms with van der Waals surface area (Å²) < 4.78 is 13.0. The van der Waals surface area contributed by atoms with Gasteiger partial charge in [-0.1, -0.05) is 31.9 Å². The lowest BCUT2D eigenvalue weighted by Crippen LogP contribution is -2.45. The highest BCUT2D eigenvalue weighted by Crippen LogP contribution is 2.31. The van der Waals surface area contributed by atoms with Crippen LogP contribution in [0.4, 0.5) is 0 Å². The third kappa shape index (κ3) is 4.13. The van der Waals surface area contributed by atoms with Crippen LogP contribution in [0.25, 0.3) is 21.8 Å². The van der Waals surface area contributed by atoms with Crippen LogP contribution in [0.1, 0.15) is 56.3 Å². The predicted octanol–water partition coefficient (Wildman–Crippen LogP) is 4.48. The Morgan fingerprint density at radius 3 is 2.57 bits per heavy atom. The molecule has 4 rings (SSSR count). The molecule has 0 bridgehead atoms. The number of aryl methyl sites for hydroxylation is 1. The molecule has 2 aromatic carbocycles. The first-order chi connectivity index (χ1) is 16.8. The number of rotatable bonds is 8. The van der Waals surface area contributed by atoms with E-state index in [0.717, 1.165) is 33.0 Å². The number of unbranched alkanes of at least 4 members (excludes halogenated alkanes) is 1. The summed E-state index contributed by atoms with van der Waals surface area (Å²) in [5.41, 5.74) is 2.36. The van der Waals surface area contributed by atoms with Crippen molar-refractivity contribution in [2.45, 2.75) is 52.1 Å². The standard InChI is InChI=1S/C27H31N3O5/c1-6-7-11-23(26(32)35-5)30-25(31)19-14-18(34-4)12-13-22(19)29(27(30)33)17(3)20-15-28-21-10-8-9-16(2)24(20)21/h8-10,12-15,17,23,28H,6-7,11H2,1-5H3. The van der Waals surface area contributed by atoms with Crippen LogP contribution in [-0.2, 0) is 9.53 Å². The number of methoxy groups -OCH3 is 2. The summed E-state index contributed by atoms with van der Waals surface area (Å²) in [6, 6.07) is 9.61. The molecule has 8 nitrogen and oxygen atoms in total. The molecule has 2 atom stereocenters. The lowest BCUT2D eigenvalue weighted by Gasteiger charge is -2.23. The summed E-state index contributed by atoms with van der Waals surface area (Å²) >= 11 is 0. The molecule has 0 aliphatic rings. The van der Waals surface area contributed by atoms with Crippen LogP contribution >= 0.6 is 0 Å². The quantitative estimate of drug-likeness (QED) is 0.378. The summed E-state index contributed by atoms with van der Waals surface area (Å²) in [4.78, 5) is 43.7. The van der Waals surface area contributed by atoms with Gasteiger partial charge in [-0.2, -0.15) is 0 Å². The highest BCUT2D eigenvalue weighted by molar-refractivity contribution is 5.87. The van der Waals surface area contributed by atoms with Crippen molar-refractivity contribution >= 4 is 27.8 Å².